The number of nitrogens with zero attached hydrogens (tertiary/aromatic N) is 2. The Morgan fingerprint density at radius 3 is 2.64 bits per heavy atom. The highest BCUT2D eigenvalue weighted by molar-refractivity contribution is 5.87. The molecule has 28 heavy (non-hydrogen) atoms. The maximum atomic E-state index is 5.85. The monoisotopic (exact) mass is 377 g/mol. The summed E-state index contributed by atoms with van der Waals surface area (Å²) in [5, 5.41) is 1.11. The number of hydrogen-bond donors (Lipinski definition) is 1. The fourth-order valence-corrected chi connectivity index (χ4v) is 3.21. The summed E-state index contributed by atoms with van der Waals surface area (Å²) in [5.74, 6) is 2.47. The first kappa shape index (κ1) is 18.1. The van der Waals surface area contributed by atoms with Crippen LogP contribution in [0, 0.1) is 0 Å². The van der Waals surface area contributed by atoms with Crippen molar-refractivity contribution in [3.8, 4) is 23.0 Å². The molecule has 3 heterocycles. The van der Waals surface area contributed by atoms with E-state index in [2.05, 4.69) is 28.0 Å². The summed E-state index contributed by atoms with van der Waals surface area (Å²) in [6, 6.07) is 15.5. The second-order valence-electron chi connectivity index (χ2n) is 6.62. The Bertz CT molecular complexity index is 1020. The lowest BCUT2D eigenvalue weighted by molar-refractivity contribution is 0.233. The molecule has 0 aliphatic heterocycles. The minimum Gasteiger partial charge on any atom is -0.497 e. The fourth-order valence-electron chi connectivity index (χ4n) is 3.21. The molecule has 0 saturated carbocycles. The molecule has 0 saturated heterocycles. The number of methoxy groups -OCH3 is 1. The van der Waals surface area contributed by atoms with Crippen molar-refractivity contribution in [2.75, 3.05) is 27.3 Å². The van der Waals surface area contributed by atoms with Crippen LogP contribution in [0.2, 0.25) is 0 Å². The highest BCUT2D eigenvalue weighted by Crippen LogP contribution is 2.30. The van der Waals surface area contributed by atoms with Gasteiger partial charge < -0.3 is 18.9 Å². The molecule has 0 fully saturated rings. The molecule has 0 spiro atoms. The lowest BCUT2D eigenvalue weighted by Gasteiger charge is -2.17. The number of nitrogens with one attached hydrogen (secondary N) is 1. The maximum Gasteiger partial charge on any atom is 0.150 e. The van der Waals surface area contributed by atoms with E-state index in [0.29, 0.717) is 6.61 Å². The van der Waals surface area contributed by atoms with Crippen molar-refractivity contribution < 1.29 is 13.9 Å². The van der Waals surface area contributed by atoms with E-state index in [4.69, 9.17) is 13.9 Å². The predicted molar refractivity (Wildman–Crippen MR) is 109 cm³/mol. The number of furan rings is 1. The van der Waals surface area contributed by atoms with Crippen molar-refractivity contribution in [1.29, 1.82) is 0 Å². The summed E-state index contributed by atoms with van der Waals surface area (Å²) in [4.78, 5) is 10.1. The molecule has 0 radical (unpaired) electrons. The van der Waals surface area contributed by atoms with Crippen LogP contribution in [0.25, 0.3) is 22.5 Å². The molecule has 1 aromatic carbocycles. The second kappa shape index (κ2) is 8.19. The molecule has 3 aromatic heterocycles. The van der Waals surface area contributed by atoms with E-state index in [1.54, 1.807) is 19.6 Å². The van der Waals surface area contributed by atoms with Crippen LogP contribution in [0.5, 0.6) is 11.5 Å². The molecule has 0 amide bonds. The first-order chi connectivity index (χ1) is 13.7. The number of H-pyrrole nitrogens is 1. The Kier molecular flexibility index (Phi) is 5.30. The van der Waals surface area contributed by atoms with Gasteiger partial charge in [0.2, 0.25) is 0 Å². The Balaban J connectivity index is 1.44. The number of benzene rings is 1. The third-order valence-corrected chi connectivity index (χ3v) is 4.67. The van der Waals surface area contributed by atoms with Crippen molar-refractivity contribution in [3.05, 3.63) is 66.6 Å². The van der Waals surface area contributed by atoms with E-state index in [9.17, 15) is 0 Å². The molecule has 0 unspecified atom stereocenters. The summed E-state index contributed by atoms with van der Waals surface area (Å²) >= 11 is 0. The molecule has 0 aliphatic carbocycles. The van der Waals surface area contributed by atoms with Crippen LogP contribution in [-0.2, 0) is 6.54 Å². The number of ether oxygens (including phenoxy) is 2. The van der Waals surface area contributed by atoms with Crippen molar-refractivity contribution in [2.45, 2.75) is 6.54 Å². The van der Waals surface area contributed by atoms with Gasteiger partial charge in [-0.1, -0.05) is 0 Å². The average molecular weight is 377 g/mol. The van der Waals surface area contributed by atoms with E-state index < -0.39 is 0 Å². The van der Waals surface area contributed by atoms with Crippen LogP contribution < -0.4 is 9.47 Å². The zero-order valence-corrected chi connectivity index (χ0v) is 16.0. The van der Waals surface area contributed by atoms with Crippen molar-refractivity contribution >= 4 is 11.0 Å². The molecule has 0 atom stereocenters. The van der Waals surface area contributed by atoms with Crippen LogP contribution >= 0.6 is 0 Å². The lowest BCUT2D eigenvalue weighted by atomic mass is 10.1. The van der Waals surface area contributed by atoms with Crippen molar-refractivity contribution in [2.24, 2.45) is 0 Å². The third-order valence-electron chi connectivity index (χ3n) is 4.67. The van der Waals surface area contributed by atoms with Gasteiger partial charge in [0.15, 0.2) is 0 Å². The number of aromatic nitrogens is 2. The summed E-state index contributed by atoms with van der Waals surface area (Å²) in [5.41, 5.74) is 3.01. The van der Waals surface area contributed by atoms with Crippen molar-refractivity contribution in [3.63, 3.8) is 0 Å². The minimum atomic E-state index is 0.597. The number of likely N-dealkylation sites (N-methyl/N-ethyl adjacent to an activating group) is 1. The zero-order chi connectivity index (χ0) is 19.3. The maximum absolute atomic E-state index is 5.85. The molecule has 1 N–H and O–H groups in total. The predicted octanol–water partition coefficient (Wildman–Crippen LogP) is 4.34. The summed E-state index contributed by atoms with van der Waals surface area (Å²) < 4.78 is 16.6. The van der Waals surface area contributed by atoms with Gasteiger partial charge in [-0.15, -0.1) is 0 Å². The first-order valence-corrected chi connectivity index (χ1v) is 9.19. The van der Waals surface area contributed by atoms with E-state index in [1.165, 1.54) is 5.56 Å². The van der Waals surface area contributed by atoms with Crippen LogP contribution in [0.15, 0.2) is 65.4 Å². The lowest BCUT2D eigenvalue weighted by Crippen LogP contribution is -2.24. The van der Waals surface area contributed by atoms with Crippen LogP contribution in [0.3, 0.4) is 0 Å². The van der Waals surface area contributed by atoms with Gasteiger partial charge in [0, 0.05) is 30.2 Å². The van der Waals surface area contributed by atoms with E-state index in [1.807, 2.05) is 42.5 Å². The number of hydrogen-bond acceptors (Lipinski definition) is 5. The summed E-state index contributed by atoms with van der Waals surface area (Å²) in [6.07, 6.45) is 3.48. The number of rotatable bonds is 8. The van der Waals surface area contributed by atoms with Gasteiger partial charge >= 0.3 is 0 Å². The number of pyridine rings is 1. The Morgan fingerprint density at radius 2 is 1.89 bits per heavy atom. The third kappa shape index (κ3) is 3.87. The Morgan fingerprint density at radius 1 is 1.07 bits per heavy atom. The summed E-state index contributed by atoms with van der Waals surface area (Å²) in [7, 11) is 3.74. The highest BCUT2D eigenvalue weighted by atomic mass is 16.5. The van der Waals surface area contributed by atoms with Gasteiger partial charge in [0.25, 0.3) is 0 Å². The highest BCUT2D eigenvalue weighted by Gasteiger charge is 2.17. The summed E-state index contributed by atoms with van der Waals surface area (Å²) in [6.45, 7) is 2.14. The molecular weight excluding hydrogens is 354 g/mol. The minimum absolute atomic E-state index is 0.597. The van der Waals surface area contributed by atoms with E-state index in [-0.39, 0.29) is 0 Å². The zero-order valence-electron chi connectivity index (χ0n) is 16.0. The SMILES string of the molecule is COc1ccc(OCCN(C)Cc2c(-c3ccco3)[nH]c3ncccc23)cc1. The van der Waals surface area contributed by atoms with Crippen LogP contribution in [0.1, 0.15) is 5.56 Å². The smallest absolute Gasteiger partial charge is 0.150 e. The molecule has 4 rings (SSSR count). The normalized spacial score (nSPS) is 11.2. The van der Waals surface area contributed by atoms with Gasteiger partial charge in [-0.2, -0.15) is 0 Å². The number of fused-ring (bicyclic) bond motifs is 1. The van der Waals surface area contributed by atoms with Crippen LogP contribution in [0.4, 0.5) is 0 Å². The topological polar surface area (TPSA) is 63.5 Å². The van der Waals surface area contributed by atoms with E-state index >= 15 is 0 Å². The average Bonchev–Trinajstić information content (AvgIpc) is 3.37. The Hall–Kier alpha value is -3.25. The quantitative estimate of drug-likeness (QED) is 0.495. The standard InChI is InChI=1S/C22H23N3O3/c1-25(12-14-27-17-9-7-16(26-2)8-10-17)15-19-18-5-3-11-23-22(18)24-21(19)20-6-4-13-28-20/h3-11,13H,12,14-15H2,1-2H3,(H,23,24). The van der Waals surface area contributed by atoms with Gasteiger partial charge in [0.05, 0.1) is 19.1 Å². The first-order valence-electron chi connectivity index (χ1n) is 9.19. The van der Waals surface area contributed by atoms with Gasteiger partial charge in [-0.05, 0) is 55.6 Å². The molecular formula is C22H23N3O3. The molecule has 144 valence electrons. The van der Waals surface area contributed by atoms with E-state index in [0.717, 1.165) is 47.1 Å². The van der Waals surface area contributed by atoms with Gasteiger partial charge in [0.1, 0.15) is 29.5 Å². The largest absolute Gasteiger partial charge is 0.497 e. The number of aromatic amines is 1. The molecule has 0 aliphatic rings. The molecule has 6 nitrogen and oxygen atoms in total. The van der Waals surface area contributed by atoms with Crippen molar-refractivity contribution in [1.82, 2.24) is 14.9 Å². The fraction of sp³-hybridized carbons (Fsp3) is 0.227. The molecule has 4 aromatic rings. The van der Waals surface area contributed by atoms with Crippen LogP contribution in [-0.4, -0.2) is 42.2 Å². The van der Waals surface area contributed by atoms with Gasteiger partial charge in [-0.3, -0.25) is 4.90 Å². The second-order valence-corrected chi connectivity index (χ2v) is 6.62. The molecule has 0 bridgehead atoms. The Labute approximate surface area is 163 Å². The molecule has 6 heteroatoms. The van der Waals surface area contributed by atoms with Gasteiger partial charge in [-0.25, -0.2) is 4.98 Å².